The van der Waals surface area contributed by atoms with Crippen molar-refractivity contribution in [3.63, 3.8) is 0 Å². The van der Waals surface area contributed by atoms with Crippen LogP contribution in [0.4, 0.5) is 5.13 Å². The number of rotatable bonds is 6. The smallest absolute Gasteiger partial charge is 0.265 e. The number of anilines is 1. The molecule has 1 aromatic heterocycles. The third-order valence-corrected chi connectivity index (χ3v) is 5.07. The van der Waals surface area contributed by atoms with Crippen LogP contribution >= 0.6 is 11.3 Å². The maximum absolute atomic E-state index is 12.8. The summed E-state index contributed by atoms with van der Waals surface area (Å²) in [5.41, 5.74) is 0.929. The number of aromatic nitrogens is 1. The molecule has 7 nitrogen and oxygen atoms in total. The molecule has 0 saturated carbocycles. The lowest BCUT2D eigenvalue weighted by Gasteiger charge is -2.27. The zero-order valence-electron chi connectivity index (χ0n) is 15.4. The van der Waals surface area contributed by atoms with Gasteiger partial charge in [-0.25, -0.2) is 4.98 Å². The van der Waals surface area contributed by atoms with E-state index < -0.39 is 18.1 Å². The number of nitrogens with zero attached hydrogens (tertiary/aromatic N) is 1. The number of carbonyl (C=O) groups excluding carboxylic acids is 2. The molecule has 0 fully saturated rings. The number of carbonyl (C=O) groups is 2. The number of para-hydroxylation sites is 2. The number of hydrogen-bond donors (Lipinski definition) is 2. The maximum Gasteiger partial charge on any atom is 0.265 e. The molecule has 1 aliphatic rings. The van der Waals surface area contributed by atoms with Gasteiger partial charge in [-0.1, -0.05) is 42.5 Å². The van der Waals surface area contributed by atoms with Crippen LogP contribution in [0.25, 0.3) is 0 Å². The lowest BCUT2D eigenvalue weighted by Crippen LogP contribution is -2.52. The van der Waals surface area contributed by atoms with Crippen LogP contribution in [-0.2, 0) is 16.0 Å². The first kappa shape index (κ1) is 18.9. The summed E-state index contributed by atoms with van der Waals surface area (Å²) < 4.78 is 11.4. The van der Waals surface area contributed by atoms with E-state index in [2.05, 4.69) is 15.6 Å². The van der Waals surface area contributed by atoms with E-state index in [0.717, 1.165) is 5.56 Å². The summed E-state index contributed by atoms with van der Waals surface area (Å²) in [6.07, 6.45) is 1.11. The van der Waals surface area contributed by atoms with E-state index in [0.29, 0.717) is 23.1 Å². The second kappa shape index (κ2) is 8.74. The Morgan fingerprint density at radius 2 is 1.86 bits per heavy atom. The van der Waals surface area contributed by atoms with Gasteiger partial charge in [0.1, 0.15) is 12.6 Å². The van der Waals surface area contributed by atoms with Gasteiger partial charge in [-0.05, 0) is 17.7 Å². The van der Waals surface area contributed by atoms with Gasteiger partial charge in [-0.3, -0.25) is 9.59 Å². The summed E-state index contributed by atoms with van der Waals surface area (Å²) in [6, 6.07) is 15.9. The van der Waals surface area contributed by atoms with Crippen LogP contribution in [0.2, 0.25) is 0 Å². The number of thiazole rings is 1. The molecule has 0 aliphatic carbocycles. The molecule has 2 amide bonds. The molecule has 0 radical (unpaired) electrons. The van der Waals surface area contributed by atoms with Crippen molar-refractivity contribution >= 4 is 28.3 Å². The van der Waals surface area contributed by atoms with Crippen LogP contribution in [0.5, 0.6) is 11.5 Å². The monoisotopic (exact) mass is 409 g/mol. The lowest BCUT2D eigenvalue weighted by molar-refractivity contribution is -0.133. The average molecular weight is 409 g/mol. The predicted molar refractivity (Wildman–Crippen MR) is 109 cm³/mol. The number of ether oxygens (including phenoxy) is 2. The number of hydrogen-bond acceptors (Lipinski definition) is 6. The fraction of sp³-hybridized carbons (Fsp3) is 0.190. The number of amides is 2. The molecule has 0 bridgehead atoms. The Hall–Kier alpha value is -3.39. The summed E-state index contributed by atoms with van der Waals surface area (Å²) in [6.45, 7) is 0.0784. The molecule has 148 valence electrons. The molecule has 2 aromatic carbocycles. The minimum Gasteiger partial charge on any atom is -0.485 e. The van der Waals surface area contributed by atoms with Crippen molar-refractivity contribution in [3.8, 4) is 11.5 Å². The molecule has 2 heterocycles. The molecule has 0 spiro atoms. The number of nitrogens with one attached hydrogen (secondary N) is 2. The quantitative estimate of drug-likeness (QED) is 0.653. The standard InChI is InChI=1S/C21H19N3O4S/c25-19(24-21-22-10-11-29-21)15(12-14-6-2-1-3-7-14)23-20(26)18-13-27-16-8-4-5-9-17(16)28-18/h1-11,15,18H,12-13H2,(H,23,26)(H,22,24,25)/t15-,18?/m1/s1. The van der Waals surface area contributed by atoms with Crippen LogP contribution in [0.1, 0.15) is 5.56 Å². The van der Waals surface area contributed by atoms with Crippen LogP contribution < -0.4 is 20.1 Å². The molecule has 1 aliphatic heterocycles. The topological polar surface area (TPSA) is 89.6 Å². The highest BCUT2D eigenvalue weighted by Crippen LogP contribution is 2.30. The zero-order chi connectivity index (χ0) is 20.1. The van der Waals surface area contributed by atoms with Crippen molar-refractivity contribution in [1.29, 1.82) is 0 Å². The van der Waals surface area contributed by atoms with Crippen molar-refractivity contribution in [3.05, 3.63) is 71.7 Å². The summed E-state index contributed by atoms with van der Waals surface area (Å²) in [7, 11) is 0. The first-order chi connectivity index (χ1) is 14.2. The molecule has 8 heteroatoms. The summed E-state index contributed by atoms with van der Waals surface area (Å²) in [5, 5.41) is 7.80. The van der Waals surface area contributed by atoms with E-state index in [1.165, 1.54) is 11.3 Å². The lowest BCUT2D eigenvalue weighted by atomic mass is 10.0. The van der Waals surface area contributed by atoms with Gasteiger partial charge in [0.25, 0.3) is 5.91 Å². The van der Waals surface area contributed by atoms with E-state index in [4.69, 9.17) is 9.47 Å². The summed E-state index contributed by atoms with van der Waals surface area (Å²) >= 11 is 1.31. The third-order valence-electron chi connectivity index (χ3n) is 4.38. The normalized spacial score (nSPS) is 15.9. The van der Waals surface area contributed by atoms with Gasteiger partial charge in [0.05, 0.1) is 0 Å². The van der Waals surface area contributed by atoms with Gasteiger partial charge in [0.2, 0.25) is 12.0 Å². The Morgan fingerprint density at radius 3 is 2.62 bits per heavy atom. The maximum atomic E-state index is 12.8. The Balaban J connectivity index is 1.47. The Kier molecular flexibility index (Phi) is 5.71. The van der Waals surface area contributed by atoms with Crippen molar-refractivity contribution in [2.24, 2.45) is 0 Å². The van der Waals surface area contributed by atoms with Gasteiger partial charge in [-0.2, -0.15) is 0 Å². The Bertz CT molecular complexity index is 979. The molecule has 2 atom stereocenters. The van der Waals surface area contributed by atoms with Gasteiger partial charge < -0.3 is 20.1 Å². The van der Waals surface area contributed by atoms with Crippen LogP contribution in [-0.4, -0.2) is 35.6 Å². The van der Waals surface area contributed by atoms with Gasteiger partial charge in [0, 0.05) is 18.0 Å². The zero-order valence-corrected chi connectivity index (χ0v) is 16.2. The Labute approximate surface area is 171 Å². The first-order valence-electron chi connectivity index (χ1n) is 9.12. The molecule has 29 heavy (non-hydrogen) atoms. The predicted octanol–water partition coefficient (Wildman–Crippen LogP) is 2.65. The highest BCUT2D eigenvalue weighted by Gasteiger charge is 2.31. The minimum atomic E-state index is -0.837. The molecular formula is C21H19N3O4S. The second-order valence-electron chi connectivity index (χ2n) is 6.44. The molecule has 1 unspecified atom stereocenters. The van der Waals surface area contributed by atoms with E-state index in [9.17, 15) is 9.59 Å². The third kappa shape index (κ3) is 4.72. The molecule has 3 aromatic rings. The fourth-order valence-electron chi connectivity index (χ4n) is 2.95. The fourth-order valence-corrected chi connectivity index (χ4v) is 3.48. The average Bonchev–Trinajstić information content (AvgIpc) is 3.26. The van der Waals surface area contributed by atoms with E-state index >= 15 is 0 Å². The Morgan fingerprint density at radius 1 is 1.10 bits per heavy atom. The highest BCUT2D eigenvalue weighted by molar-refractivity contribution is 7.13. The van der Waals surface area contributed by atoms with Crippen LogP contribution in [0.15, 0.2) is 66.2 Å². The number of benzene rings is 2. The highest BCUT2D eigenvalue weighted by atomic mass is 32.1. The summed E-state index contributed by atoms with van der Waals surface area (Å²) in [4.78, 5) is 29.7. The number of fused-ring (bicyclic) bond motifs is 1. The molecular weight excluding hydrogens is 390 g/mol. The second-order valence-corrected chi connectivity index (χ2v) is 7.34. The van der Waals surface area contributed by atoms with E-state index in [1.807, 2.05) is 42.5 Å². The van der Waals surface area contributed by atoms with Crippen molar-refractivity contribution < 1.29 is 19.1 Å². The van der Waals surface area contributed by atoms with Crippen molar-refractivity contribution in [1.82, 2.24) is 10.3 Å². The minimum absolute atomic E-state index is 0.0784. The van der Waals surface area contributed by atoms with E-state index in [1.54, 1.807) is 23.7 Å². The molecule has 4 rings (SSSR count). The van der Waals surface area contributed by atoms with Crippen molar-refractivity contribution in [2.75, 3.05) is 11.9 Å². The van der Waals surface area contributed by atoms with Gasteiger partial charge >= 0.3 is 0 Å². The van der Waals surface area contributed by atoms with Crippen LogP contribution in [0, 0.1) is 0 Å². The van der Waals surface area contributed by atoms with Gasteiger partial charge in [0.15, 0.2) is 16.6 Å². The molecule has 2 N–H and O–H groups in total. The molecule has 0 saturated heterocycles. The first-order valence-corrected chi connectivity index (χ1v) is 10.00. The largest absolute Gasteiger partial charge is 0.485 e. The van der Waals surface area contributed by atoms with Gasteiger partial charge in [-0.15, -0.1) is 11.3 Å². The van der Waals surface area contributed by atoms with Crippen LogP contribution in [0.3, 0.4) is 0 Å². The van der Waals surface area contributed by atoms with Crippen molar-refractivity contribution in [2.45, 2.75) is 18.6 Å². The summed E-state index contributed by atoms with van der Waals surface area (Å²) in [5.74, 6) is 0.355. The van der Waals surface area contributed by atoms with E-state index in [-0.39, 0.29) is 12.5 Å². The SMILES string of the molecule is O=C(N[C@H](Cc1ccccc1)C(=O)Nc1nccs1)C1COc2ccccc2O1.